The average molecular weight is 389 g/mol. The fourth-order valence-electron chi connectivity index (χ4n) is 3.16. The number of hydrogen-bond acceptors (Lipinski definition) is 6. The van der Waals surface area contributed by atoms with E-state index in [4.69, 9.17) is 10.3 Å². The molecule has 2 aliphatic rings. The number of nitrogens with one attached hydrogen (secondary N) is 1. The van der Waals surface area contributed by atoms with E-state index in [1.165, 1.54) is 0 Å². The Hall–Kier alpha value is -2.55. The Bertz CT molecular complexity index is 809. The monoisotopic (exact) mass is 389 g/mol. The van der Waals surface area contributed by atoms with Gasteiger partial charge in [0, 0.05) is 40.6 Å². The van der Waals surface area contributed by atoms with E-state index < -0.39 is 11.9 Å². The molecule has 142 valence electrons. The summed E-state index contributed by atoms with van der Waals surface area (Å²) in [4.78, 5) is 41.4. The zero-order valence-electron chi connectivity index (χ0n) is 14.6. The molecule has 1 unspecified atom stereocenters. The van der Waals surface area contributed by atoms with E-state index in [2.05, 4.69) is 15.3 Å². The van der Waals surface area contributed by atoms with Gasteiger partial charge in [-0.25, -0.2) is 0 Å². The summed E-state index contributed by atoms with van der Waals surface area (Å²) in [6.45, 7) is 1.54. The van der Waals surface area contributed by atoms with E-state index in [9.17, 15) is 14.4 Å². The quantitative estimate of drug-likeness (QED) is 0.181. The van der Waals surface area contributed by atoms with Crippen LogP contribution in [0.2, 0.25) is 0 Å². The summed E-state index contributed by atoms with van der Waals surface area (Å²) in [5.41, 5.74) is 9.71. The van der Waals surface area contributed by atoms with E-state index in [0.29, 0.717) is 44.0 Å². The van der Waals surface area contributed by atoms with Crippen LogP contribution in [0.3, 0.4) is 0 Å². The van der Waals surface area contributed by atoms with E-state index in [1.54, 1.807) is 22.7 Å². The molecule has 1 aromatic carbocycles. The number of azide groups is 1. The van der Waals surface area contributed by atoms with Crippen molar-refractivity contribution in [2.75, 3.05) is 25.5 Å². The number of thioether (sulfide) groups is 1. The van der Waals surface area contributed by atoms with Crippen molar-refractivity contribution in [3.8, 4) is 0 Å². The van der Waals surface area contributed by atoms with Gasteiger partial charge in [0.05, 0.1) is 13.2 Å². The Kier molecular flexibility index (Phi) is 6.33. The Morgan fingerprint density at radius 1 is 1.33 bits per heavy atom. The van der Waals surface area contributed by atoms with Gasteiger partial charge in [-0.15, -0.1) is 11.8 Å². The third-order valence-electron chi connectivity index (χ3n) is 4.42. The molecule has 3 rings (SSSR count). The SMILES string of the molecule is [N-]=[N+]=NCCOCCSc1cccc2c1CN(C1CCC(=O)NC1=O)C2=O. The summed E-state index contributed by atoms with van der Waals surface area (Å²) < 4.78 is 5.39. The largest absolute Gasteiger partial charge is 0.380 e. The molecule has 0 aliphatic carbocycles. The van der Waals surface area contributed by atoms with Crippen LogP contribution in [-0.4, -0.2) is 54.2 Å². The van der Waals surface area contributed by atoms with Crippen LogP contribution in [-0.2, 0) is 20.9 Å². The lowest BCUT2D eigenvalue weighted by Gasteiger charge is -2.29. The first kappa shape index (κ1) is 19.2. The van der Waals surface area contributed by atoms with Crippen LogP contribution in [0.4, 0.5) is 0 Å². The predicted molar refractivity (Wildman–Crippen MR) is 98.0 cm³/mol. The molecule has 2 heterocycles. The molecule has 10 heteroatoms. The fourth-order valence-corrected chi connectivity index (χ4v) is 4.10. The van der Waals surface area contributed by atoms with Crippen LogP contribution in [0.25, 0.3) is 10.4 Å². The summed E-state index contributed by atoms with van der Waals surface area (Å²) in [5, 5.41) is 5.71. The summed E-state index contributed by atoms with van der Waals surface area (Å²) in [5.74, 6) is -0.181. The number of carbonyl (C=O) groups excluding carboxylic acids is 3. The zero-order valence-corrected chi connectivity index (χ0v) is 15.4. The fraction of sp³-hybridized carbons (Fsp3) is 0.471. The van der Waals surface area contributed by atoms with Gasteiger partial charge < -0.3 is 9.64 Å². The van der Waals surface area contributed by atoms with Crippen molar-refractivity contribution in [3.63, 3.8) is 0 Å². The molecule has 3 amide bonds. The highest BCUT2D eigenvalue weighted by Gasteiger charge is 2.39. The maximum absolute atomic E-state index is 12.7. The lowest BCUT2D eigenvalue weighted by atomic mass is 10.0. The van der Waals surface area contributed by atoms with Gasteiger partial charge >= 0.3 is 0 Å². The number of fused-ring (bicyclic) bond motifs is 1. The van der Waals surface area contributed by atoms with Crippen molar-refractivity contribution >= 4 is 29.5 Å². The van der Waals surface area contributed by atoms with E-state index in [-0.39, 0.29) is 18.2 Å². The van der Waals surface area contributed by atoms with Crippen molar-refractivity contribution in [1.82, 2.24) is 10.2 Å². The van der Waals surface area contributed by atoms with E-state index >= 15 is 0 Å². The number of benzene rings is 1. The average Bonchev–Trinajstić information content (AvgIpc) is 2.98. The van der Waals surface area contributed by atoms with Gasteiger partial charge in [-0.05, 0) is 29.6 Å². The van der Waals surface area contributed by atoms with Gasteiger partial charge in [0.1, 0.15) is 6.04 Å². The molecule has 0 spiro atoms. The second-order valence-electron chi connectivity index (χ2n) is 6.10. The van der Waals surface area contributed by atoms with Gasteiger partial charge in [0.15, 0.2) is 0 Å². The molecule has 2 aliphatic heterocycles. The normalized spacial score (nSPS) is 18.9. The molecule has 1 saturated heterocycles. The number of piperidine rings is 1. The molecule has 0 aromatic heterocycles. The molecule has 1 atom stereocenters. The lowest BCUT2D eigenvalue weighted by Crippen LogP contribution is -2.52. The number of ether oxygens (including phenoxy) is 1. The second-order valence-corrected chi connectivity index (χ2v) is 7.23. The Morgan fingerprint density at radius 3 is 2.96 bits per heavy atom. The minimum Gasteiger partial charge on any atom is -0.380 e. The standard InChI is InChI=1S/C17H19N5O4S/c18-21-19-6-7-26-8-9-27-14-3-1-2-11-12(14)10-22(17(11)25)13-4-5-15(23)20-16(13)24/h1-3,13H,4-10H2,(H,20,23,24). The molecule has 1 aromatic rings. The molecular formula is C17H19N5O4S. The molecular weight excluding hydrogens is 370 g/mol. The Balaban J connectivity index is 1.61. The lowest BCUT2D eigenvalue weighted by molar-refractivity contribution is -0.136. The highest BCUT2D eigenvalue weighted by Crippen LogP contribution is 2.34. The van der Waals surface area contributed by atoms with Crippen molar-refractivity contribution in [1.29, 1.82) is 0 Å². The van der Waals surface area contributed by atoms with Gasteiger partial charge in [0.2, 0.25) is 11.8 Å². The third kappa shape index (κ3) is 4.41. The van der Waals surface area contributed by atoms with Crippen molar-refractivity contribution < 1.29 is 19.1 Å². The number of imide groups is 1. The molecule has 0 radical (unpaired) electrons. The molecule has 0 saturated carbocycles. The summed E-state index contributed by atoms with van der Waals surface area (Å²) >= 11 is 1.58. The smallest absolute Gasteiger partial charge is 0.255 e. The third-order valence-corrected chi connectivity index (χ3v) is 5.49. The molecule has 27 heavy (non-hydrogen) atoms. The summed E-state index contributed by atoms with van der Waals surface area (Å²) in [7, 11) is 0. The maximum Gasteiger partial charge on any atom is 0.255 e. The number of nitrogens with zero attached hydrogens (tertiary/aromatic N) is 4. The van der Waals surface area contributed by atoms with Gasteiger partial charge in [-0.3, -0.25) is 19.7 Å². The number of rotatable bonds is 8. The van der Waals surface area contributed by atoms with Crippen LogP contribution >= 0.6 is 11.8 Å². The first-order valence-electron chi connectivity index (χ1n) is 8.59. The number of hydrogen-bond donors (Lipinski definition) is 1. The molecule has 0 bridgehead atoms. The number of carbonyl (C=O) groups is 3. The molecule has 1 fully saturated rings. The van der Waals surface area contributed by atoms with E-state index in [1.807, 2.05) is 12.1 Å². The zero-order chi connectivity index (χ0) is 19.2. The van der Waals surface area contributed by atoms with Gasteiger partial charge in [0.25, 0.3) is 5.91 Å². The first-order valence-corrected chi connectivity index (χ1v) is 9.58. The second kappa shape index (κ2) is 8.90. The topological polar surface area (TPSA) is 124 Å². The van der Waals surface area contributed by atoms with Crippen molar-refractivity contribution in [2.45, 2.75) is 30.3 Å². The maximum atomic E-state index is 12.7. The van der Waals surface area contributed by atoms with Crippen LogP contribution in [0.1, 0.15) is 28.8 Å². The van der Waals surface area contributed by atoms with Crippen LogP contribution in [0.5, 0.6) is 0 Å². The van der Waals surface area contributed by atoms with Crippen LogP contribution in [0, 0.1) is 0 Å². The Labute approximate surface area is 160 Å². The molecule has 1 N–H and O–H groups in total. The first-order chi connectivity index (χ1) is 13.1. The highest BCUT2D eigenvalue weighted by atomic mass is 32.2. The van der Waals surface area contributed by atoms with Gasteiger partial charge in [-0.1, -0.05) is 11.2 Å². The summed E-state index contributed by atoms with van der Waals surface area (Å²) in [6.07, 6.45) is 0.594. The predicted octanol–water partition coefficient (Wildman–Crippen LogP) is 1.87. The van der Waals surface area contributed by atoms with Gasteiger partial charge in [-0.2, -0.15) is 0 Å². The van der Waals surface area contributed by atoms with Crippen molar-refractivity contribution in [2.24, 2.45) is 5.11 Å². The minimum absolute atomic E-state index is 0.174. The van der Waals surface area contributed by atoms with Crippen LogP contribution < -0.4 is 5.32 Å². The Morgan fingerprint density at radius 2 is 2.19 bits per heavy atom. The van der Waals surface area contributed by atoms with Crippen LogP contribution in [0.15, 0.2) is 28.2 Å². The minimum atomic E-state index is -0.607. The number of amides is 3. The van der Waals surface area contributed by atoms with Crippen molar-refractivity contribution in [3.05, 3.63) is 39.8 Å². The summed E-state index contributed by atoms with van der Waals surface area (Å²) in [6, 6.07) is 4.94. The molecule has 9 nitrogen and oxygen atoms in total. The van der Waals surface area contributed by atoms with E-state index in [0.717, 1.165) is 10.5 Å². The highest BCUT2D eigenvalue weighted by molar-refractivity contribution is 7.99.